The minimum absolute atomic E-state index is 0.150. The molecule has 1 saturated carbocycles. The van der Waals surface area contributed by atoms with E-state index in [1.807, 2.05) is 32.0 Å². The van der Waals surface area contributed by atoms with Crippen LogP contribution in [0.3, 0.4) is 0 Å². The summed E-state index contributed by atoms with van der Waals surface area (Å²) in [5.74, 6) is -0.649. The van der Waals surface area contributed by atoms with Crippen LogP contribution in [0.1, 0.15) is 36.8 Å². The fraction of sp³-hybridized carbons (Fsp3) is 0.529. The number of benzene rings is 1. The van der Waals surface area contributed by atoms with Crippen molar-refractivity contribution in [3.05, 3.63) is 29.3 Å². The Labute approximate surface area is 130 Å². The van der Waals surface area contributed by atoms with Crippen LogP contribution in [0.5, 0.6) is 5.75 Å². The molecule has 5 heteroatoms. The number of aryl methyl sites for hydroxylation is 2. The number of carboxylic acids is 1. The van der Waals surface area contributed by atoms with Gasteiger partial charge in [0.05, 0.1) is 18.9 Å². The molecular weight excluding hydrogens is 282 g/mol. The molecule has 5 nitrogen and oxygen atoms in total. The summed E-state index contributed by atoms with van der Waals surface area (Å²) in [7, 11) is 0. The Bertz CT molecular complexity index is 556. The van der Waals surface area contributed by atoms with E-state index in [9.17, 15) is 9.59 Å². The van der Waals surface area contributed by atoms with Gasteiger partial charge in [0.15, 0.2) is 0 Å². The maximum Gasteiger partial charge on any atom is 0.308 e. The van der Waals surface area contributed by atoms with Gasteiger partial charge in [0, 0.05) is 6.04 Å². The van der Waals surface area contributed by atoms with E-state index in [-0.39, 0.29) is 18.4 Å². The number of hydrogen-bond donors (Lipinski definition) is 2. The third kappa shape index (κ3) is 4.23. The first-order chi connectivity index (χ1) is 10.5. The van der Waals surface area contributed by atoms with Gasteiger partial charge in [-0.05, 0) is 38.3 Å². The van der Waals surface area contributed by atoms with Crippen LogP contribution < -0.4 is 10.1 Å². The zero-order valence-electron chi connectivity index (χ0n) is 13.1. The molecule has 1 aliphatic carbocycles. The molecule has 0 saturated heterocycles. The van der Waals surface area contributed by atoms with Crippen molar-refractivity contribution in [1.82, 2.24) is 5.32 Å². The summed E-state index contributed by atoms with van der Waals surface area (Å²) in [4.78, 5) is 23.0. The van der Waals surface area contributed by atoms with Crippen molar-refractivity contribution in [3.8, 4) is 5.75 Å². The first kappa shape index (κ1) is 16.3. The van der Waals surface area contributed by atoms with Gasteiger partial charge in [-0.25, -0.2) is 0 Å². The first-order valence-electron chi connectivity index (χ1n) is 7.69. The van der Waals surface area contributed by atoms with Crippen LogP contribution in [0.4, 0.5) is 0 Å². The molecule has 1 amide bonds. The predicted octanol–water partition coefficient (Wildman–Crippen LogP) is 2.44. The highest BCUT2D eigenvalue weighted by atomic mass is 16.5. The van der Waals surface area contributed by atoms with E-state index in [2.05, 4.69) is 5.32 Å². The quantitative estimate of drug-likeness (QED) is 0.846. The summed E-state index contributed by atoms with van der Waals surface area (Å²) < 4.78 is 5.62. The average molecular weight is 305 g/mol. The van der Waals surface area contributed by atoms with Crippen molar-refractivity contribution < 1.29 is 19.4 Å². The van der Waals surface area contributed by atoms with E-state index in [1.165, 1.54) is 5.56 Å². The smallest absolute Gasteiger partial charge is 0.308 e. The molecule has 1 aromatic rings. The fourth-order valence-electron chi connectivity index (χ4n) is 2.92. The fourth-order valence-corrected chi connectivity index (χ4v) is 2.92. The van der Waals surface area contributed by atoms with Crippen LogP contribution in [0.25, 0.3) is 0 Å². The number of aliphatic carboxylic acids is 1. The summed E-state index contributed by atoms with van der Waals surface area (Å²) in [6.07, 6.45) is 2.46. The molecule has 120 valence electrons. The van der Waals surface area contributed by atoms with Crippen molar-refractivity contribution in [2.45, 2.75) is 45.6 Å². The van der Waals surface area contributed by atoms with E-state index in [0.717, 1.165) is 24.2 Å². The van der Waals surface area contributed by atoms with Crippen molar-refractivity contribution in [2.24, 2.45) is 5.92 Å². The molecule has 0 aromatic heterocycles. The molecule has 0 radical (unpaired) electrons. The normalized spacial score (nSPS) is 20.6. The van der Waals surface area contributed by atoms with Crippen molar-refractivity contribution in [3.63, 3.8) is 0 Å². The molecule has 1 aromatic carbocycles. The second kappa shape index (κ2) is 7.29. The molecule has 1 fully saturated rings. The molecule has 0 unspecified atom stereocenters. The van der Waals surface area contributed by atoms with Gasteiger partial charge in [0.25, 0.3) is 0 Å². The van der Waals surface area contributed by atoms with E-state index >= 15 is 0 Å². The summed E-state index contributed by atoms with van der Waals surface area (Å²) in [5.41, 5.74) is 2.21. The highest BCUT2D eigenvalue weighted by Crippen LogP contribution is 2.26. The maximum atomic E-state index is 11.9. The lowest BCUT2D eigenvalue weighted by Crippen LogP contribution is -2.40. The van der Waals surface area contributed by atoms with E-state index in [0.29, 0.717) is 13.0 Å². The molecular formula is C17H23NO4. The maximum absolute atomic E-state index is 11.9. The van der Waals surface area contributed by atoms with E-state index in [4.69, 9.17) is 9.84 Å². The zero-order valence-corrected chi connectivity index (χ0v) is 13.1. The number of rotatable bonds is 6. The van der Waals surface area contributed by atoms with Crippen LogP contribution in [-0.2, 0) is 9.59 Å². The molecule has 22 heavy (non-hydrogen) atoms. The first-order valence-corrected chi connectivity index (χ1v) is 7.69. The Hall–Kier alpha value is -2.04. The average Bonchev–Trinajstić information content (AvgIpc) is 2.89. The largest absolute Gasteiger partial charge is 0.493 e. The lowest BCUT2D eigenvalue weighted by Gasteiger charge is -2.17. The Morgan fingerprint density at radius 1 is 1.32 bits per heavy atom. The predicted molar refractivity (Wildman–Crippen MR) is 82.9 cm³/mol. The number of nitrogens with one attached hydrogen (secondary N) is 1. The summed E-state index contributed by atoms with van der Waals surface area (Å²) in [6, 6.07) is 5.66. The van der Waals surface area contributed by atoms with Crippen molar-refractivity contribution >= 4 is 11.9 Å². The monoisotopic (exact) mass is 305 g/mol. The molecule has 2 atom stereocenters. The minimum Gasteiger partial charge on any atom is -0.493 e. The Kier molecular flexibility index (Phi) is 5.41. The van der Waals surface area contributed by atoms with Crippen molar-refractivity contribution in [1.29, 1.82) is 0 Å². The van der Waals surface area contributed by atoms with Gasteiger partial charge < -0.3 is 15.2 Å². The van der Waals surface area contributed by atoms with Crippen LogP contribution in [0.15, 0.2) is 18.2 Å². The van der Waals surface area contributed by atoms with Gasteiger partial charge in [0.1, 0.15) is 5.75 Å². The third-order valence-electron chi connectivity index (χ3n) is 4.10. The molecule has 2 N–H and O–H groups in total. The number of hydrogen-bond acceptors (Lipinski definition) is 3. The summed E-state index contributed by atoms with van der Waals surface area (Å²) >= 11 is 0. The highest BCUT2D eigenvalue weighted by molar-refractivity contribution is 5.78. The van der Waals surface area contributed by atoms with Crippen LogP contribution in [0, 0.1) is 19.8 Å². The van der Waals surface area contributed by atoms with Crippen LogP contribution >= 0.6 is 0 Å². The Morgan fingerprint density at radius 2 is 2.09 bits per heavy atom. The molecule has 0 aliphatic heterocycles. The lowest BCUT2D eigenvalue weighted by molar-refractivity contribution is -0.142. The Balaban J connectivity index is 1.77. The number of ether oxygens (including phenoxy) is 1. The van der Waals surface area contributed by atoms with E-state index < -0.39 is 11.9 Å². The molecule has 0 heterocycles. The number of carbonyl (C=O) groups excluding carboxylic acids is 1. The van der Waals surface area contributed by atoms with Crippen LogP contribution in [0.2, 0.25) is 0 Å². The molecule has 0 spiro atoms. The van der Waals surface area contributed by atoms with Gasteiger partial charge >= 0.3 is 5.97 Å². The second-order valence-electron chi connectivity index (χ2n) is 5.92. The minimum atomic E-state index is -0.825. The summed E-state index contributed by atoms with van der Waals surface area (Å²) in [6.45, 7) is 4.28. The number of carbonyl (C=O) groups is 2. The summed E-state index contributed by atoms with van der Waals surface area (Å²) in [5, 5.41) is 11.9. The molecule has 2 rings (SSSR count). The van der Waals surface area contributed by atoms with Gasteiger partial charge in [-0.15, -0.1) is 0 Å². The second-order valence-corrected chi connectivity index (χ2v) is 5.92. The van der Waals surface area contributed by atoms with Gasteiger partial charge in [-0.3, -0.25) is 9.59 Å². The van der Waals surface area contributed by atoms with Gasteiger partial charge in [0.2, 0.25) is 5.91 Å². The van der Waals surface area contributed by atoms with Gasteiger partial charge in [-0.2, -0.15) is 0 Å². The lowest BCUT2D eigenvalue weighted by atomic mass is 10.0. The van der Waals surface area contributed by atoms with E-state index in [1.54, 1.807) is 0 Å². The third-order valence-corrected chi connectivity index (χ3v) is 4.10. The molecule has 1 aliphatic rings. The standard InChI is InChI=1S/C17H23NO4/c1-11-6-7-15(12(2)10-11)22-9-8-16(19)18-14-5-3-4-13(14)17(20)21/h6-7,10,13-14H,3-5,8-9H2,1-2H3,(H,18,19)(H,20,21)/t13-,14+/m0/s1. The highest BCUT2D eigenvalue weighted by Gasteiger charge is 2.33. The topological polar surface area (TPSA) is 75.6 Å². The zero-order chi connectivity index (χ0) is 16.1. The van der Waals surface area contributed by atoms with Crippen molar-refractivity contribution in [2.75, 3.05) is 6.61 Å². The van der Waals surface area contributed by atoms with Crippen LogP contribution in [-0.4, -0.2) is 29.6 Å². The molecule has 0 bridgehead atoms. The Morgan fingerprint density at radius 3 is 2.77 bits per heavy atom. The SMILES string of the molecule is Cc1ccc(OCCC(=O)N[C@@H]2CCC[C@@H]2C(=O)O)c(C)c1. The number of amides is 1. The van der Waals surface area contributed by atoms with Gasteiger partial charge in [-0.1, -0.05) is 24.1 Å². The number of carboxylic acid groups (broad SMARTS) is 1.